The van der Waals surface area contributed by atoms with E-state index in [1.165, 1.54) is 17.1 Å². The number of aryl methyl sites for hydroxylation is 1. The highest BCUT2D eigenvalue weighted by atomic mass is 19.3. The molecule has 10 nitrogen and oxygen atoms in total. The number of benzene rings is 3. The number of aromatic amines is 1. The summed E-state index contributed by atoms with van der Waals surface area (Å²) in [6.45, 7) is 11.1. The number of H-pyrrole nitrogens is 1. The molecule has 0 atom stereocenters. The number of nitrogens with zero attached hydrogens (tertiary/aromatic N) is 4. The molecule has 4 aromatic rings. The molecule has 0 aliphatic carbocycles. The number of hydrogen-bond acceptors (Lipinski definition) is 8. The quantitative estimate of drug-likeness (QED) is 0.0640. The minimum absolute atomic E-state index is 0.0880. The first-order valence-electron chi connectivity index (χ1n) is 16.6. The van der Waals surface area contributed by atoms with Gasteiger partial charge in [0.05, 0.1) is 30.3 Å². The van der Waals surface area contributed by atoms with Crippen molar-refractivity contribution in [1.82, 2.24) is 9.88 Å². The van der Waals surface area contributed by atoms with Gasteiger partial charge >= 0.3 is 0 Å². The summed E-state index contributed by atoms with van der Waals surface area (Å²) in [4.78, 5) is 7.86. The number of ether oxygens (including phenoxy) is 3. The molecule has 1 aromatic heterocycles. The molecular formula is C37H41F3N6O4. The molecule has 0 spiro atoms. The molecule has 0 amide bonds. The minimum atomic E-state index is -2.63. The Morgan fingerprint density at radius 3 is 2.48 bits per heavy atom. The van der Waals surface area contributed by atoms with Crippen LogP contribution in [0.5, 0.6) is 17.2 Å². The lowest BCUT2D eigenvalue weighted by Gasteiger charge is -2.41. The standard InChI is InChI=1S/C37H41F3N6O4/c1-23-18-27(8-9-32(23)50-33-7-5-4-6-28(33)38)46(42-3)37(41)24(2)36(47)30-19-25-20-34(49-22-35(39)40)31(21-29(25)43-30)45-12-10-26(11-13-45)44-14-16-48-17-15-44/h4-9,18-21,26,35,41,43,47H,3,10-17,22H2,1-2H3. The molecule has 3 heterocycles. The number of aliphatic hydroxyl groups is 1. The SMILES string of the molecule is C=NN(C(=N)C(C)=C(O)c1cc2cc(OCC(F)F)c(N3CCC(N4CCOCC4)CC3)cc2[nH]1)c1ccc(Oc2ccccc2F)c(C)c1. The van der Waals surface area contributed by atoms with Crippen LogP contribution >= 0.6 is 0 Å². The molecule has 3 aromatic carbocycles. The lowest BCUT2D eigenvalue weighted by Crippen LogP contribution is -2.49. The average molecular weight is 691 g/mol. The molecule has 6 rings (SSSR count). The molecular weight excluding hydrogens is 649 g/mol. The minimum Gasteiger partial charge on any atom is -0.505 e. The van der Waals surface area contributed by atoms with Crippen LogP contribution in [0.25, 0.3) is 16.7 Å². The fourth-order valence-corrected chi connectivity index (χ4v) is 6.49. The number of nitrogens with one attached hydrogen (secondary N) is 2. The molecule has 0 unspecified atom stereocenters. The molecule has 13 heteroatoms. The second-order valence-corrected chi connectivity index (χ2v) is 12.4. The number of halogens is 3. The monoisotopic (exact) mass is 690 g/mol. The first-order valence-corrected chi connectivity index (χ1v) is 16.6. The van der Waals surface area contributed by atoms with Crippen LogP contribution < -0.4 is 19.4 Å². The van der Waals surface area contributed by atoms with Crippen molar-refractivity contribution in [2.75, 3.05) is 55.9 Å². The highest BCUT2D eigenvalue weighted by molar-refractivity contribution is 6.11. The Balaban J connectivity index is 1.23. The molecule has 2 saturated heterocycles. The predicted molar refractivity (Wildman–Crippen MR) is 190 cm³/mol. The molecule has 0 radical (unpaired) electrons. The summed E-state index contributed by atoms with van der Waals surface area (Å²) < 4.78 is 57.5. The number of amidine groups is 1. The maximum absolute atomic E-state index is 14.2. The van der Waals surface area contributed by atoms with Gasteiger partial charge in [0, 0.05) is 55.4 Å². The number of rotatable bonds is 11. The Morgan fingerprint density at radius 1 is 1.06 bits per heavy atom. The largest absolute Gasteiger partial charge is 0.505 e. The van der Waals surface area contributed by atoms with Crippen LogP contribution in [-0.4, -0.2) is 86.0 Å². The summed E-state index contributed by atoms with van der Waals surface area (Å²) in [5.41, 5.74) is 3.07. The zero-order chi connectivity index (χ0) is 35.4. The number of anilines is 2. The van der Waals surface area contributed by atoms with Crippen molar-refractivity contribution in [3.63, 3.8) is 0 Å². The van der Waals surface area contributed by atoms with E-state index in [0.29, 0.717) is 51.1 Å². The van der Waals surface area contributed by atoms with Crippen molar-refractivity contribution in [2.24, 2.45) is 5.10 Å². The molecule has 50 heavy (non-hydrogen) atoms. The average Bonchev–Trinajstić information content (AvgIpc) is 3.55. The number of aliphatic hydroxyl groups excluding tert-OH is 1. The Kier molecular flexibility index (Phi) is 10.6. The number of hydrogen-bond donors (Lipinski definition) is 3. The van der Waals surface area contributed by atoms with E-state index in [4.69, 9.17) is 19.6 Å². The van der Waals surface area contributed by atoms with Crippen LogP contribution in [0.1, 0.15) is 31.0 Å². The molecule has 264 valence electrons. The number of hydrazone groups is 1. The summed E-state index contributed by atoms with van der Waals surface area (Å²) in [5.74, 6) is 0.0472. The number of aromatic nitrogens is 1. The fourth-order valence-electron chi connectivity index (χ4n) is 6.49. The van der Waals surface area contributed by atoms with Gasteiger partial charge in [-0.2, -0.15) is 5.10 Å². The number of alkyl halides is 2. The van der Waals surface area contributed by atoms with E-state index in [1.807, 2.05) is 6.07 Å². The van der Waals surface area contributed by atoms with Crippen molar-refractivity contribution in [2.45, 2.75) is 39.2 Å². The third-order valence-corrected chi connectivity index (χ3v) is 9.21. The van der Waals surface area contributed by atoms with E-state index in [9.17, 15) is 18.3 Å². The molecule has 0 saturated carbocycles. The van der Waals surface area contributed by atoms with Gasteiger partial charge in [0.1, 0.15) is 23.9 Å². The van der Waals surface area contributed by atoms with Gasteiger partial charge in [0.2, 0.25) is 0 Å². The van der Waals surface area contributed by atoms with Crippen LogP contribution in [0, 0.1) is 18.2 Å². The number of para-hydroxylation sites is 1. The smallest absolute Gasteiger partial charge is 0.272 e. The fraction of sp³-hybridized carbons (Fsp3) is 0.351. The van der Waals surface area contributed by atoms with Gasteiger partial charge in [-0.15, -0.1) is 0 Å². The summed E-state index contributed by atoms with van der Waals surface area (Å²) in [5, 5.41) is 26.2. The maximum Gasteiger partial charge on any atom is 0.272 e. The van der Waals surface area contributed by atoms with Crippen LogP contribution in [0.3, 0.4) is 0 Å². The van der Waals surface area contributed by atoms with E-state index in [-0.39, 0.29) is 22.9 Å². The van der Waals surface area contributed by atoms with E-state index < -0.39 is 18.8 Å². The zero-order valence-corrected chi connectivity index (χ0v) is 28.1. The van der Waals surface area contributed by atoms with Gasteiger partial charge in [-0.1, -0.05) is 12.1 Å². The summed E-state index contributed by atoms with van der Waals surface area (Å²) >= 11 is 0. The predicted octanol–water partition coefficient (Wildman–Crippen LogP) is 7.74. The van der Waals surface area contributed by atoms with E-state index in [0.717, 1.165) is 52.2 Å². The third-order valence-electron chi connectivity index (χ3n) is 9.21. The van der Waals surface area contributed by atoms with Crippen molar-refractivity contribution in [3.05, 3.63) is 83.3 Å². The Labute approximate surface area is 288 Å². The van der Waals surface area contributed by atoms with E-state index in [2.05, 4.69) is 26.6 Å². The molecule has 2 aliphatic heterocycles. The van der Waals surface area contributed by atoms with Crippen LogP contribution in [-0.2, 0) is 4.74 Å². The zero-order valence-electron chi connectivity index (χ0n) is 28.1. The molecule has 2 fully saturated rings. The molecule has 3 N–H and O–H groups in total. The van der Waals surface area contributed by atoms with Crippen LogP contribution in [0.2, 0.25) is 0 Å². The van der Waals surface area contributed by atoms with Crippen LogP contribution in [0.4, 0.5) is 24.5 Å². The Morgan fingerprint density at radius 2 is 1.80 bits per heavy atom. The van der Waals surface area contributed by atoms with Gasteiger partial charge < -0.3 is 29.2 Å². The molecule has 0 bridgehead atoms. The van der Waals surface area contributed by atoms with Crippen molar-refractivity contribution < 1.29 is 32.5 Å². The van der Waals surface area contributed by atoms with Crippen molar-refractivity contribution >= 4 is 40.6 Å². The second-order valence-electron chi connectivity index (χ2n) is 12.4. The summed E-state index contributed by atoms with van der Waals surface area (Å²) in [6.07, 6.45) is -0.766. The van der Waals surface area contributed by atoms with Crippen LogP contribution in [0.15, 0.2) is 71.3 Å². The molecule has 2 aliphatic rings. The Hall–Kier alpha value is -5.01. The second kappa shape index (κ2) is 15.3. The normalized spacial score (nSPS) is 16.4. The first-order chi connectivity index (χ1) is 24.1. The van der Waals surface area contributed by atoms with E-state index in [1.54, 1.807) is 56.3 Å². The van der Waals surface area contributed by atoms with Gasteiger partial charge in [-0.3, -0.25) is 10.3 Å². The van der Waals surface area contributed by atoms with Crippen molar-refractivity contribution in [3.8, 4) is 17.2 Å². The van der Waals surface area contributed by atoms with E-state index >= 15 is 0 Å². The Bertz CT molecular complexity index is 1880. The van der Waals surface area contributed by atoms with Gasteiger partial charge in [-0.05, 0) is 80.8 Å². The van der Waals surface area contributed by atoms with Crippen molar-refractivity contribution in [1.29, 1.82) is 5.41 Å². The summed E-state index contributed by atoms with van der Waals surface area (Å²) in [7, 11) is 0. The lowest BCUT2D eigenvalue weighted by molar-refractivity contribution is 0.0114. The van der Waals surface area contributed by atoms with Gasteiger partial charge in [-0.25, -0.2) is 18.2 Å². The van der Waals surface area contributed by atoms with Gasteiger partial charge in [0.25, 0.3) is 6.43 Å². The number of piperidine rings is 1. The lowest BCUT2D eigenvalue weighted by atomic mass is 10.0. The summed E-state index contributed by atoms with van der Waals surface area (Å²) in [6, 6.07) is 16.8. The highest BCUT2D eigenvalue weighted by Gasteiger charge is 2.28. The first kappa shape index (κ1) is 34.8. The number of morpholine rings is 1. The highest BCUT2D eigenvalue weighted by Crippen LogP contribution is 2.37. The number of fused-ring (bicyclic) bond motifs is 1. The topological polar surface area (TPSA) is 110 Å². The third kappa shape index (κ3) is 7.58. The maximum atomic E-state index is 14.2. The van der Waals surface area contributed by atoms with Gasteiger partial charge in [0.15, 0.2) is 17.4 Å².